The van der Waals surface area contributed by atoms with Crippen molar-refractivity contribution < 1.29 is 0 Å². The second-order valence-electron chi connectivity index (χ2n) is 3.39. The fourth-order valence-electron chi connectivity index (χ4n) is 1.63. The zero-order valence-corrected chi connectivity index (χ0v) is 11.4. The highest BCUT2D eigenvalue weighted by Gasteiger charge is 2.02. The largest absolute Gasteiger partial charge is 0.0843 e. The van der Waals surface area contributed by atoms with Gasteiger partial charge in [-0.2, -0.15) is 0 Å². The van der Waals surface area contributed by atoms with Gasteiger partial charge in [-0.05, 0) is 39.0 Å². The number of benzene rings is 2. The van der Waals surface area contributed by atoms with Gasteiger partial charge in [-0.15, -0.1) is 0 Å². The fourth-order valence-corrected chi connectivity index (χ4v) is 2.21. The molecule has 0 saturated heterocycles. The second kappa shape index (κ2) is 5.51. The van der Waals surface area contributed by atoms with Crippen LogP contribution in [0.1, 0.15) is 5.56 Å². The average Bonchev–Trinajstić information content (AvgIpc) is 2.30. The standard InChI is InChI=1S/C14H10ClI/c15-13-6-3-5-12(10-13)14-7-2-1-4-11(14)8-9-16/h1-10H. The molecule has 0 saturated carbocycles. The predicted octanol–water partition coefficient (Wildman–Crippen LogP) is 5.41. The third kappa shape index (κ3) is 2.66. The minimum absolute atomic E-state index is 0.769. The first kappa shape index (κ1) is 11.7. The SMILES string of the molecule is Clc1cccc(-c2ccccc2C=CI)c1. The first-order valence-corrected chi connectivity index (χ1v) is 6.55. The maximum atomic E-state index is 6.00. The first-order valence-electron chi connectivity index (χ1n) is 4.93. The lowest BCUT2D eigenvalue weighted by Crippen LogP contribution is -1.82. The van der Waals surface area contributed by atoms with Crippen LogP contribution in [0, 0.1) is 0 Å². The highest BCUT2D eigenvalue weighted by molar-refractivity contribution is 14.1. The molecule has 0 radical (unpaired) electrons. The molecule has 0 amide bonds. The van der Waals surface area contributed by atoms with Crippen LogP contribution in [0.3, 0.4) is 0 Å². The summed E-state index contributed by atoms with van der Waals surface area (Å²) in [5.41, 5.74) is 3.56. The Bertz CT molecular complexity index is 518. The Morgan fingerprint density at radius 1 is 1.00 bits per heavy atom. The molecule has 0 N–H and O–H groups in total. The predicted molar refractivity (Wildman–Crippen MR) is 79.9 cm³/mol. The van der Waals surface area contributed by atoms with Crippen molar-refractivity contribution in [2.24, 2.45) is 0 Å². The number of halogens is 2. The van der Waals surface area contributed by atoms with Crippen LogP contribution in [0.2, 0.25) is 5.02 Å². The summed E-state index contributed by atoms with van der Waals surface area (Å²) >= 11 is 8.23. The van der Waals surface area contributed by atoms with Gasteiger partial charge in [0.1, 0.15) is 0 Å². The molecule has 2 aromatic carbocycles. The van der Waals surface area contributed by atoms with Crippen molar-refractivity contribution in [2.75, 3.05) is 0 Å². The van der Waals surface area contributed by atoms with Gasteiger partial charge in [0, 0.05) is 5.02 Å². The van der Waals surface area contributed by atoms with Gasteiger partial charge in [-0.1, -0.05) is 70.6 Å². The van der Waals surface area contributed by atoms with Gasteiger partial charge < -0.3 is 0 Å². The van der Waals surface area contributed by atoms with E-state index in [0.717, 1.165) is 10.6 Å². The van der Waals surface area contributed by atoms with Crippen LogP contribution >= 0.6 is 34.2 Å². The molecule has 0 bridgehead atoms. The van der Waals surface area contributed by atoms with Crippen molar-refractivity contribution in [3.8, 4) is 11.1 Å². The summed E-state index contributed by atoms with van der Waals surface area (Å²) in [5.74, 6) is 0. The Kier molecular flexibility index (Phi) is 4.02. The summed E-state index contributed by atoms with van der Waals surface area (Å²) in [6.45, 7) is 0. The first-order chi connectivity index (χ1) is 7.81. The lowest BCUT2D eigenvalue weighted by molar-refractivity contribution is 1.59. The number of hydrogen-bond donors (Lipinski definition) is 0. The summed E-state index contributed by atoms with van der Waals surface area (Å²) < 4.78 is 2.02. The topological polar surface area (TPSA) is 0 Å². The lowest BCUT2D eigenvalue weighted by Gasteiger charge is -2.06. The molecule has 2 heteroatoms. The zero-order valence-electron chi connectivity index (χ0n) is 8.53. The van der Waals surface area contributed by atoms with Crippen LogP contribution in [0.15, 0.2) is 52.6 Å². The molecule has 2 aromatic rings. The quantitative estimate of drug-likeness (QED) is 0.641. The Labute approximate surface area is 114 Å². The van der Waals surface area contributed by atoms with Crippen molar-refractivity contribution in [2.45, 2.75) is 0 Å². The number of rotatable bonds is 2. The summed E-state index contributed by atoms with van der Waals surface area (Å²) in [4.78, 5) is 0. The van der Waals surface area contributed by atoms with Gasteiger partial charge in [-0.25, -0.2) is 0 Å². The maximum Gasteiger partial charge on any atom is 0.0412 e. The van der Waals surface area contributed by atoms with E-state index in [1.165, 1.54) is 11.1 Å². The average molecular weight is 341 g/mol. The van der Waals surface area contributed by atoms with Crippen molar-refractivity contribution in [3.63, 3.8) is 0 Å². The van der Waals surface area contributed by atoms with Crippen molar-refractivity contribution in [1.82, 2.24) is 0 Å². The van der Waals surface area contributed by atoms with Crippen LogP contribution in [-0.2, 0) is 0 Å². The van der Waals surface area contributed by atoms with E-state index in [1.54, 1.807) is 0 Å². The molecule has 0 heterocycles. The molecule has 0 nitrogen and oxygen atoms in total. The molecule has 0 atom stereocenters. The van der Waals surface area contributed by atoms with Crippen molar-refractivity contribution in [1.29, 1.82) is 0 Å². The minimum Gasteiger partial charge on any atom is -0.0843 e. The molecule has 0 aliphatic carbocycles. The zero-order chi connectivity index (χ0) is 11.4. The van der Waals surface area contributed by atoms with E-state index in [4.69, 9.17) is 11.6 Å². The Hall–Kier alpha value is -0.800. The minimum atomic E-state index is 0.769. The molecular weight excluding hydrogens is 331 g/mol. The number of hydrogen-bond acceptors (Lipinski definition) is 0. The van der Waals surface area contributed by atoms with E-state index in [0.29, 0.717) is 0 Å². The molecule has 0 fully saturated rings. The molecule has 0 spiro atoms. The third-order valence-electron chi connectivity index (χ3n) is 2.34. The third-order valence-corrected chi connectivity index (χ3v) is 2.93. The van der Waals surface area contributed by atoms with Gasteiger partial charge in [0.05, 0.1) is 0 Å². The van der Waals surface area contributed by atoms with Crippen molar-refractivity contribution >= 4 is 40.3 Å². The van der Waals surface area contributed by atoms with E-state index >= 15 is 0 Å². The van der Waals surface area contributed by atoms with Gasteiger partial charge >= 0.3 is 0 Å². The Morgan fingerprint density at radius 3 is 2.56 bits per heavy atom. The summed E-state index contributed by atoms with van der Waals surface area (Å²) in [7, 11) is 0. The van der Waals surface area contributed by atoms with Gasteiger partial charge in [0.2, 0.25) is 0 Å². The molecule has 0 aliphatic rings. The molecule has 0 unspecified atom stereocenters. The molecular formula is C14H10ClI. The highest BCUT2D eigenvalue weighted by Crippen LogP contribution is 2.27. The summed E-state index contributed by atoms with van der Waals surface area (Å²) in [6.07, 6.45) is 2.09. The maximum absolute atomic E-state index is 6.00. The summed E-state index contributed by atoms with van der Waals surface area (Å²) in [6, 6.07) is 16.2. The van der Waals surface area contributed by atoms with Crippen LogP contribution in [0.5, 0.6) is 0 Å². The van der Waals surface area contributed by atoms with Gasteiger partial charge in [0.15, 0.2) is 0 Å². The fraction of sp³-hybridized carbons (Fsp3) is 0. The molecule has 0 aliphatic heterocycles. The molecule has 80 valence electrons. The lowest BCUT2D eigenvalue weighted by atomic mass is 10.00. The highest BCUT2D eigenvalue weighted by atomic mass is 127. The van der Waals surface area contributed by atoms with E-state index in [-0.39, 0.29) is 0 Å². The smallest absolute Gasteiger partial charge is 0.0412 e. The Morgan fingerprint density at radius 2 is 1.81 bits per heavy atom. The second-order valence-corrected chi connectivity index (χ2v) is 4.55. The van der Waals surface area contributed by atoms with Gasteiger partial charge in [0.25, 0.3) is 0 Å². The van der Waals surface area contributed by atoms with Crippen LogP contribution < -0.4 is 0 Å². The van der Waals surface area contributed by atoms with Crippen LogP contribution in [-0.4, -0.2) is 0 Å². The normalized spacial score (nSPS) is 10.9. The Balaban J connectivity index is 2.55. The molecule has 2 rings (SSSR count). The monoisotopic (exact) mass is 340 g/mol. The van der Waals surface area contributed by atoms with E-state index in [9.17, 15) is 0 Å². The molecule has 0 aromatic heterocycles. The summed E-state index contributed by atoms with van der Waals surface area (Å²) in [5, 5.41) is 0.769. The van der Waals surface area contributed by atoms with Crippen LogP contribution in [0.4, 0.5) is 0 Å². The van der Waals surface area contributed by atoms with Gasteiger partial charge in [-0.3, -0.25) is 0 Å². The molecule has 16 heavy (non-hydrogen) atoms. The van der Waals surface area contributed by atoms with Crippen LogP contribution in [0.25, 0.3) is 17.2 Å². The van der Waals surface area contributed by atoms with E-state index < -0.39 is 0 Å². The van der Waals surface area contributed by atoms with Crippen molar-refractivity contribution in [3.05, 3.63) is 63.2 Å². The van der Waals surface area contributed by atoms with E-state index in [2.05, 4.69) is 46.9 Å². The van der Waals surface area contributed by atoms with E-state index in [1.807, 2.05) is 34.4 Å².